The molecule has 0 bridgehead atoms. The van der Waals surface area contributed by atoms with Crippen LogP contribution in [0.2, 0.25) is 0 Å². The average Bonchev–Trinajstić information content (AvgIpc) is 1.61. The van der Waals surface area contributed by atoms with E-state index in [0.29, 0.717) is 95.6 Å². The maximum atomic E-state index is 15.2. The number of esters is 1. The van der Waals surface area contributed by atoms with Gasteiger partial charge in [-0.15, -0.1) is 0 Å². The predicted octanol–water partition coefficient (Wildman–Crippen LogP) is 3.32. The molecule has 4 rings (SSSR count). The molecular weight excluding hydrogens is 1490 g/mol. The van der Waals surface area contributed by atoms with Gasteiger partial charge in [0, 0.05) is 31.7 Å². The molecule has 12 amide bonds. The first kappa shape index (κ1) is 98.5. The summed E-state index contributed by atoms with van der Waals surface area (Å²) in [5.74, 6) is -9.39. The number of hydrogen-bond acceptors (Lipinski definition) is 20. The molecule has 23 N–H and O–H groups in total. The van der Waals surface area contributed by atoms with Crippen molar-refractivity contribution in [3.05, 3.63) is 108 Å². The van der Waals surface area contributed by atoms with E-state index in [0.717, 1.165) is 22.3 Å². The number of carbonyl (C=O) groups is 13. The molecule has 3 aromatic rings. The molecule has 0 aromatic heterocycles. The summed E-state index contributed by atoms with van der Waals surface area (Å²) in [6.07, 6.45) is 5.88. The van der Waals surface area contributed by atoms with Crippen LogP contribution in [0.5, 0.6) is 0 Å². The molecule has 32 heteroatoms. The summed E-state index contributed by atoms with van der Waals surface area (Å²) < 4.78 is 11.0. The largest absolute Gasteiger partial charge is 0.460 e. The Hall–Kier alpha value is -9.89. The van der Waals surface area contributed by atoms with Crippen LogP contribution in [0, 0.1) is 11.8 Å². The van der Waals surface area contributed by atoms with Crippen molar-refractivity contribution < 1.29 is 71.8 Å². The topological polar surface area (TPSA) is 529 Å². The van der Waals surface area contributed by atoms with Crippen LogP contribution in [0.1, 0.15) is 211 Å². The first-order chi connectivity index (χ1) is 55.7. The Morgan fingerprint density at radius 2 is 0.733 bits per heavy atom. The van der Waals surface area contributed by atoms with Gasteiger partial charge in [-0.2, -0.15) is 0 Å². The summed E-state index contributed by atoms with van der Waals surface area (Å²) in [5, 5.41) is 30.8. The molecule has 644 valence electrons. The SMILES string of the molecule is C=CCOC(=O)[C@H](CCC(N)=O)NC(=O)[C@H](CC(C)C)NC(=O)[C@H](CCCCN)NC(=O)[C@H](CCCCN)NC(=O)[C@H](Cc1ccccc1)NC(=O)[C@H](CCCCNC(=O)CCC)NC(=O)[C@H](CCCCN)NC(=O)[C@H](CC(C)C)NC(=O)[C@H](CCCCN)NC(=O)[C@H](CCCCN)NC(=O)OCC1c2ccccc2-c2ccccc21. The van der Waals surface area contributed by atoms with Gasteiger partial charge in [-0.25, -0.2) is 9.59 Å². The summed E-state index contributed by atoms with van der Waals surface area (Å²) in [6.45, 7) is 14.0. The number of alkyl carbamates (subject to hydrolysis) is 1. The van der Waals surface area contributed by atoms with Gasteiger partial charge >= 0.3 is 12.1 Å². The fourth-order valence-electron chi connectivity index (χ4n) is 13.6. The van der Waals surface area contributed by atoms with Crippen LogP contribution < -0.4 is 92.9 Å². The summed E-state index contributed by atoms with van der Waals surface area (Å²) in [7, 11) is 0. The number of nitrogens with one attached hydrogen (secondary N) is 11. The number of fused-ring (bicyclic) bond motifs is 3. The monoisotopic (exact) mass is 1620 g/mol. The summed E-state index contributed by atoms with van der Waals surface area (Å²) in [5.41, 5.74) is 39.6. The minimum atomic E-state index is -1.44. The van der Waals surface area contributed by atoms with E-state index in [2.05, 4.69) is 65.1 Å². The number of hydrogen-bond donors (Lipinski definition) is 17. The molecule has 1 aliphatic rings. The molecule has 0 fully saturated rings. The zero-order valence-electron chi connectivity index (χ0n) is 68.7. The van der Waals surface area contributed by atoms with Gasteiger partial charge in [-0.3, -0.25) is 52.7 Å². The van der Waals surface area contributed by atoms with Crippen molar-refractivity contribution in [2.24, 2.45) is 46.2 Å². The van der Waals surface area contributed by atoms with Gasteiger partial charge in [0.15, 0.2) is 0 Å². The lowest BCUT2D eigenvalue weighted by Gasteiger charge is -2.29. The zero-order valence-corrected chi connectivity index (χ0v) is 68.7. The second-order valence-corrected chi connectivity index (χ2v) is 30.5. The van der Waals surface area contributed by atoms with Gasteiger partial charge in [0.05, 0.1) is 0 Å². The van der Waals surface area contributed by atoms with Crippen LogP contribution in [-0.2, 0) is 73.4 Å². The summed E-state index contributed by atoms with van der Waals surface area (Å²) in [6, 6.07) is 11.3. The highest BCUT2D eigenvalue weighted by molar-refractivity contribution is 5.99. The molecule has 3 aromatic carbocycles. The second-order valence-electron chi connectivity index (χ2n) is 30.5. The van der Waals surface area contributed by atoms with E-state index >= 15 is 14.4 Å². The third kappa shape index (κ3) is 36.5. The van der Waals surface area contributed by atoms with Crippen LogP contribution >= 0.6 is 0 Å². The number of rotatable bonds is 60. The highest BCUT2D eigenvalue weighted by atomic mass is 16.5. The Balaban J connectivity index is 1.66. The fourth-order valence-corrected chi connectivity index (χ4v) is 13.6. The van der Waals surface area contributed by atoms with Crippen molar-refractivity contribution in [1.29, 1.82) is 0 Å². The van der Waals surface area contributed by atoms with Crippen molar-refractivity contribution in [1.82, 2.24) is 58.5 Å². The van der Waals surface area contributed by atoms with Crippen LogP contribution in [0.25, 0.3) is 11.1 Å². The molecule has 0 radical (unpaired) electrons. The lowest BCUT2D eigenvalue weighted by molar-refractivity contribution is -0.147. The maximum Gasteiger partial charge on any atom is 0.407 e. The average molecular weight is 1620 g/mol. The van der Waals surface area contributed by atoms with Gasteiger partial charge in [0.2, 0.25) is 65.0 Å². The maximum absolute atomic E-state index is 15.2. The number of carbonyl (C=O) groups excluding carboxylic acids is 13. The minimum Gasteiger partial charge on any atom is -0.460 e. The van der Waals surface area contributed by atoms with Crippen LogP contribution in [0.15, 0.2) is 91.5 Å². The lowest BCUT2D eigenvalue weighted by Crippen LogP contribution is -2.61. The number of amides is 12. The number of primary amides is 1. The number of unbranched alkanes of at least 4 members (excludes halogenated alkanes) is 6. The molecule has 0 saturated carbocycles. The van der Waals surface area contributed by atoms with Crippen molar-refractivity contribution in [2.75, 3.05) is 52.5 Å². The predicted molar refractivity (Wildman–Crippen MR) is 444 cm³/mol. The van der Waals surface area contributed by atoms with Gasteiger partial charge in [-0.05, 0) is 214 Å². The molecule has 0 heterocycles. The lowest BCUT2D eigenvalue weighted by atomic mass is 9.98. The summed E-state index contributed by atoms with van der Waals surface area (Å²) >= 11 is 0. The van der Waals surface area contributed by atoms with Crippen molar-refractivity contribution >= 4 is 77.0 Å². The molecule has 0 aliphatic heterocycles. The van der Waals surface area contributed by atoms with Gasteiger partial charge < -0.3 is 102 Å². The zero-order chi connectivity index (χ0) is 85.3. The smallest absolute Gasteiger partial charge is 0.407 e. The Labute approximate surface area is 683 Å². The highest BCUT2D eigenvalue weighted by Gasteiger charge is 2.38. The van der Waals surface area contributed by atoms with Crippen molar-refractivity contribution in [3.8, 4) is 11.1 Å². The van der Waals surface area contributed by atoms with Crippen LogP contribution in [0.3, 0.4) is 0 Å². The third-order valence-electron chi connectivity index (χ3n) is 19.8. The van der Waals surface area contributed by atoms with E-state index in [9.17, 15) is 47.9 Å². The highest BCUT2D eigenvalue weighted by Crippen LogP contribution is 2.44. The molecule has 1 aliphatic carbocycles. The Morgan fingerprint density at radius 3 is 1.10 bits per heavy atom. The number of benzene rings is 3. The molecule has 32 nitrogen and oxygen atoms in total. The third-order valence-corrected chi connectivity index (χ3v) is 19.8. The molecule has 116 heavy (non-hydrogen) atoms. The molecule has 0 unspecified atom stereocenters. The van der Waals surface area contributed by atoms with E-state index in [1.54, 1.807) is 30.3 Å². The van der Waals surface area contributed by atoms with Crippen molar-refractivity contribution in [3.63, 3.8) is 0 Å². The number of ether oxygens (including phenoxy) is 2. The number of nitrogens with two attached hydrogens (primary N) is 6. The van der Waals surface area contributed by atoms with E-state index in [1.165, 1.54) is 6.08 Å². The molecule has 10 atom stereocenters. The molecule has 0 saturated heterocycles. The summed E-state index contributed by atoms with van der Waals surface area (Å²) in [4.78, 5) is 184. The molecule has 0 spiro atoms. The van der Waals surface area contributed by atoms with E-state index in [4.69, 9.17) is 43.9 Å². The van der Waals surface area contributed by atoms with Crippen molar-refractivity contribution in [2.45, 2.75) is 261 Å². The first-order valence-electron chi connectivity index (χ1n) is 41.4. The van der Waals surface area contributed by atoms with Gasteiger partial charge in [0.25, 0.3) is 0 Å². The van der Waals surface area contributed by atoms with E-state index < -0.39 is 132 Å². The van der Waals surface area contributed by atoms with Crippen LogP contribution in [0.4, 0.5) is 4.79 Å². The quantitative estimate of drug-likeness (QED) is 0.0219. The first-order valence-corrected chi connectivity index (χ1v) is 41.4. The molecular formula is C84H133N17O15. The second kappa shape index (κ2) is 55.6. The minimum absolute atomic E-state index is 0.00491. The fraction of sp³-hybridized carbons (Fsp3) is 0.607. The van der Waals surface area contributed by atoms with Gasteiger partial charge in [0.1, 0.15) is 73.6 Å². The Bertz CT molecular complexity index is 3540. The van der Waals surface area contributed by atoms with Gasteiger partial charge in [-0.1, -0.05) is 126 Å². The van der Waals surface area contributed by atoms with E-state index in [-0.39, 0.29) is 147 Å². The normalized spacial score (nSPS) is 14.2. The Morgan fingerprint density at radius 1 is 0.397 bits per heavy atom. The standard InChI is InChI=1S/C84H133N17O15/c1-7-28-73(103)91-48-27-21-40-66(78(108)100-71(52-56-29-10-9-11-30-56)82(112)96-63(36-17-23-44-86)75(105)92-64(37-18-24-45-87)76(106)99-70(51-55(5)6)81(111)97-68(41-42-72(90)102)83(113)115-49-8-2)93-74(104)62(35-16-22-43-85)95-80(110)69(50-54(3)4)98-77(107)65(38-19-25-46-88)94-79(109)67(39-20-26-47-89)101-84(114)116-53-61-59-33-14-12-31-57(59)58-32-13-15-34-60(58)61/h8-15,29-34,54-55,61-71H,2,7,16-28,35-53,85-89H2,1,3-6H3,(H2,90,102)(H,91,103)(H,92,105)(H,93,104)(H,94,109)(H,95,110)(H,96,112)(H,97,111)(H,98,107)(H,99,106)(H,100,108)(H,101,114)/t62-,63-,64-,65-,66-,67-,68-,69-,70-,71-/m0/s1. The van der Waals surface area contributed by atoms with Crippen LogP contribution in [-0.4, -0.2) is 190 Å². The van der Waals surface area contributed by atoms with E-state index in [1.807, 2.05) is 83.1 Å². The Kier molecular flexibility index (Phi) is 47.2.